The quantitative estimate of drug-likeness (QED) is 0.888. The van der Waals surface area contributed by atoms with E-state index in [4.69, 9.17) is 27.6 Å². The molecule has 0 saturated carbocycles. The summed E-state index contributed by atoms with van der Waals surface area (Å²) < 4.78 is 5.51. The van der Waals surface area contributed by atoms with E-state index < -0.39 is 0 Å². The molecule has 4 nitrogen and oxygen atoms in total. The van der Waals surface area contributed by atoms with Gasteiger partial charge < -0.3 is 9.73 Å². The molecule has 0 unspecified atom stereocenters. The van der Waals surface area contributed by atoms with Crippen LogP contribution in [0, 0.1) is 0 Å². The van der Waals surface area contributed by atoms with Gasteiger partial charge in [0.25, 0.3) is 0 Å². The number of anilines is 2. The number of nitrogens with zero attached hydrogens (tertiary/aromatic N) is 2. The van der Waals surface area contributed by atoms with E-state index in [0.717, 1.165) is 0 Å². The van der Waals surface area contributed by atoms with Crippen LogP contribution in [0.2, 0.25) is 10.0 Å². The molecule has 2 rings (SSSR count). The summed E-state index contributed by atoms with van der Waals surface area (Å²) in [5.41, 5.74) is 0.524. The van der Waals surface area contributed by atoms with Crippen LogP contribution in [0.5, 0.6) is 0 Å². The molecule has 0 spiro atoms. The van der Waals surface area contributed by atoms with Gasteiger partial charge in [-0.1, -0.05) is 49.1 Å². The Balaban J connectivity index is 2.21. The van der Waals surface area contributed by atoms with Crippen molar-refractivity contribution in [2.45, 2.75) is 26.2 Å². The van der Waals surface area contributed by atoms with E-state index in [2.05, 4.69) is 15.5 Å². The number of benzene rings is 1. The third-order valence-electron chi connectivity index (χ3n) is 2.18. The molecule has 0 saturated heterocycles. The first-order valence-electron chi connectivity index (χ1n) is 5.42. The van der Waals surface area contributed by atoms with E-state index in [1.165, 1.54) is 0 Å². The largest absolute Gasteiger partial charge is 0.407 e. The van der Waals surface area contributed by atoms with E-state index in [1.54, 1.807) is 18.2 Å². The van der Waals surface area contributed by atoms with Crippen molar-refractivity contribution in [1.29, 1.82) is 0 Å². The van der Waals surface area contributed by atoms with E-state index in [1.807, 2.05) is 20.8 Å². The minimum absolute atomic E-state index is 0.182. The number of rotatable bonds is 2. The minimum atomic E-state index is -0.182. The summed E-state index contributed by atoms with van der Waals surface area (Å²) in [7, 11) is 0. The van der Waals surface area contributed by atoms with Crippen molar-refractivity contribution in [1.82, 2.24) is 10.2 Å². The van der Waals surface area contributed by atoms with Gasteiger partial charge in [0, 0.05) is 21.1 Å². The molecule has 0 radical (unpaired) electrons. The number of aromatic nitrogens is 2. The Morgan fingerprint density at radius 3 is 2.17 bits per heavy atom. The third kappa shape index (κ3) is 3.15. The van der Waals surface area contributed by atoms with Gasteiger partial charge in [-0.15, -0.1) is 5.10 Å². The van der Waals surface area contributed by atoms with Gasteiger partial charge in [-0.2, -0.15) is 0 Å². The van der Waals surface area contributed by atoms with Gasteiger partial charge in [-0.25, -0.2) is 0 Å². The van der Waals surface area contributed by atoms with Crippen molar-refractivity contribution in [3.8, 4) is 0 Å². The summed E-state index contributed by atoms with van der Waals surface area (Å²) >= 11 is 11.8. The predicted octanol–water partition coefficient (Wildman–Crippen LogP) is 4.42. The second kappa shape index (κ2) is 4.78. The number of halogens is 2. The predicted molar refractivity (Wildman–Crippen MR) is 72.7 cm³/mol. The third-order valence-corrected chi connectivity index (χ3v) is 2.62. The maximum atomic E-state index is 5.90. The van der Waals surface area contributed by atoms with Crippen molar-refractivity contribution in [3.63, 3.8) is 0 Å². The zero-order valence-corrected chi connectivity index (χ0v) is 11.8. The fourth-order valence-corrected chi connectivity index (χ4v) is 1.85. The normalized spacial score (nSPS) is 11.6. The second-order valence-corrected chi connectivity index (χ2v) is 5.82. The Morgan fingerprint density at radius 1 is 1.06 bits per heavy atom. The van der Waals surface area contributed by atoms with E-state index in [0.29, 0.717) is 27.6 Å². The Morgan fingerprint density at radius 2 is 1.67 bits per heavy atom. The Hall–Kier alpha value is -1.26. The summed E-state index contributed by atoms with van der Waals surface area (Å²) in [6, 6.07) is 5.43. The molecule has 0 atom stereocenters. The summed E-state index contributed by atoms with van der Waals surface area (Å²) in [6.07, 6.45) is 0. The molecule has 0 aliphatic rings. The molecule has 0 aliphatic carbocycles. The summed E-state index contributed by atoms with van der Waals surface area (Å²) in [4.78, 5) is 0. The molecule has 1 aromatic carbocycles. The van der Waals surface area contributed by atoms with Crippen molar-refractivity contribution in [2.24, 2.45) is 0 Å². The van der Waals surface area contributed by atoms with Gasteiger partial charge in [0.05, 0.1) is 0 Å². The van der Waals surface area contributed by atoms with Crippen LogP contribution in [0.15, 0.2) is 22.6 Å². The molecule has 0 fully saturated rings. The maximum absolute atomic E-state index is 5.90. The van der Waals surface area contributed by atoms with Crippen LogP contribution < -0.4 is 5.32 Å². The van der Waals surface area contributed by atoms with Crippen LogP contribution in [-0.2, 0) is 5.41 Å². The summed E-state index contributed by atoms with van der Waals surface area (Å²) in [5.74, 6) is 0.568. The van der Waals surface area contributed by atoms with Crippen LogP contribution in [-0.4, -0.2) is 10.2 Å². The first kappa shape index (κ1) is 13.2. The molecular weight excluding hydrogens is 273 g/mol. The Kier molecular flexibility index (Phi) is 3.50. The van der Waals surface area contributed by atoms with Crippen LogP contribution in [0.4, 0.5) is 11.7 Å². The standard InChI is InChI=1S/C12H13Cl2N3O/c1-12(2,3)10-16-17-11(18-10)15-9-5-7(13)4-8(14)6-9/h4-6H,1-3H3,(H,15,17). The minimum Gasteiger partial charge on any atom is -0.407 e. The fraction of sp³-hybridized carbons (Fsp3) is 0.333. The molecule has 0 bridgehead atoms. The first-order valence-corrected chi connectivity index (χ1v) is 6.17. The van der Waals surface area contributed by atoms with Crippen molar-refractivity contribution in [2.75, 3.05) is 5.32 Å². The molecule has 1 aromatic heterocycles. The molecular formula is C12H13Cl2N3O. The second-order valence-electron chi connectivity index (χ2n) is 4.95. The van der Waals surface area contributed by atoms with Crippen molar-refractivity contribution >= 4 is 34.9 Å². The number of nitrogens with one attached hydrogen (secondary N) is 1. The van der Waals surface area contributed by atoms with Gasteiger partial charge in [0.2, 0.25) is 5.89 Å². The SMILES string of the molecule is CC(C)(C)c1nnc(Nc2cc(Cl)cc(Cl)c2)o1. The highest BCUT2D eigenvalue weighted by atomic mass is 35.5. The highest BCUT2D eigenvalue weighted by molar-refractivity contribution is 6.35. The highest BCUT2D eigenvalue weighted by Gasteiger charge is 2.21. The molecule has 18 heavy (non-hydrogen) atoms. The molecule has 0 aliphatic heterocycles. The lowest BCUT2D eigenvalue weighted by Gasteiger charge is -2.11. The van der Waals surface area contributed by atoms with E-state index >= 15 is 0 Å². The van der Waals surface area contributed by atoms with Gasteiger partial charge >= 0.3 is 6.01 Å². The molecule has 96 valence electrons. The molecule has 2 aromatic rings. The van der Waals surface area contributed by atoms with E-state index in [-0.39, 0.29) is 5.41 Å². The summed E-state index contributed by atoms with van der Waals surface area (Å²) in [6.45, 7) is 6.00. The van der Waals surface area contributed by atoms with Crippen molar-refractivity contribution in [3.05, 3.63) is 34.1 Å². The smallest absolute Gasteiger partial charge is 0.320 e. The molecule has 0 amide bonds. The van der Waals surface area contributed by atoms with Gasteiger partial charge in [0.15, 0.2) is 0 Å². The maximum Gasteiger partial charge on any atom is 0.320 e. The van der Waals surface area contributed by atoms with Crippen LogP contribution in [0.1, 0.15) is 26.7 Å². The van der Waals surface area contributed by atoms with Gasteiger partial charge in [-0.3, -0.25) is 0 Å². The van der Waals surface area contributed by atoms with E-state index in [9.17, 15) is 0 Å². The lowest BCUT2D eigenvalue weighted by atomic mass is 9.97. The average molecular weight is 286 g/mol. The van der Waals surface area contributed by atoms with Crippen LogP contribution in [0.3, 0.4) is 0 Å². The van der Waals surface area contributed by atoms with Crippen LogP contribution >= 0.6 is 23.2 Å². The summed E-state index contributed by atoms with van der Waals surface area (Å²) in [5, 5.41) is 12.0. The topological polar surface area (TPSA) is 51.0 Å². The highest BCUT2D eigenvalue weighted by Crippen LogP contribution is 2.27. The molecule has 6 heteroatoms. The monoisotopic (exact) mass is 285 g/mol. The lowest BCUT2D eigenvalue weighted by molar-refractivity contribution is 0.400. The Labute approximate surface area is 115 Å². The van der Waals surface area contributed by atoms with Crippen LogP contribution in [0.25, 0.3) is 0 Å². The lowest BCUT2D eigenvalue weighted by Crippen LogP contribution is -2.11. The number of hydrogen-bond acceptors (Lipinski definition) is 4. The zero-order valence-electron chi connectivity index (χ0n) is 10.3. The Bertz CT molecular complexity index is 540. The molecule has 1 heterocycles. The fourth-order valence-electron chi connectivity index (χ4n) is 1.33. The first-order chi connectivity index (χ1) is 8.34. The molecule has 1 N–H and O–H groups in total. The van der Waals surface area contributed by atoms with Gasteiger partial charge in [0.1, 0.15) is 0 Å². The average Bonchev–Trinajstić information content (AvgIpc) is 2.63. The zero-order chi connectivity index (χ0) is 13.3. The number of hydrogen-bond donors (Lipinski definition) is 1. The van der Waals surface area contributed by atoms with Crippen molar-refractivity contribution < 1.29 is 4.42 Å². The van der Waals surface area contributed by atoms with Gasteiger partial charge in [-0.05, 0) is 18.2 Å².